The Balaban J connectivity index is 1.56. The third-order valence-electron chi connectivity index (χ3n) is 6.65. The molecule has 5 rings (SSSR count). The highest BCUT2D eigenvalue weighted by molar-refractivity contribution is 5.89. The maximum atomic E-state index is 12.8. The molecule has 0 aromatic carbocycles. The van der Waals surface area contributed by atoms with Gasteiger partial charge in [0.2, 0.25) is 0 Å². The van der Waals surface area contributed by atoms with E-state index in [1.54, 1.807) is 6.07 Å². The summed E-state index contributed by atoms with van der Waals surface area (Å²) in [6.07, 6.45) is 7.06. The molecule has 5 nitrogen and oxygen atoms in total. The Hall–Kier alpha value is -2.69. The SMILES string of the molecule is CC(C)CC[C@H]1[C@H]2C[C@H](CN(c3nccc4ncccc34)C2)c2cccc(=O)n21. The molecule has 0 radical (unpaired) electrons. The van der Waals surface area contributed by atoms with Crippen LogP contribution in [-0.4, -0.2) is 27.6 Å². The quantitative estimate of drug-likeness (QED) is 0.665. The molecule has 3 atom stereocenters. The van der Waals surface area contributed by atoms with E-state index in [4.69, 9.17) is 4.98 Å². The van der Waals surface area contributed by atoms with Crippen LogP contribution in [0.1, 0.15) is 50.8 Å². The van der Waals surface area contributed by atoms with Crippen molar-refractivity contribution in [2.24, 2.45) is 11.8 Å². The average Bonchev–Trinajstić information content (AvgIpc) is 2.73. The zero-order valence-electron chi connectivity index (χ0n) is 17.2. The van der Waals surface area contributed by atoms with Gasteiger partial charge in [0.25, 0.3) is 5.56 Å². The van der Waals surface area contributed by atoms with E-state index >= 15 is 0 Å². The van der Waals surface area contributed by atoms with E-state index < -0.39 is 0 Å². The van der Waals surface area contributed by atoms with Crippen molar-refractivity contribution in [3.63, 3.8) is 0 Å². The van der Waals surface area contributed by atoms with E-state index in [2.05, 4.69) is 40.4 Å². The average molecular weight is 389 g/mol. The van der Waals surface area contributed by atoms with Crippen molar-refractivity contribution in [1.29, 1.82) is 0 Å². The molecule has 2 bridgehead atoms. The summed E-state index contributed by atoms with van der Waals surface area (Å²) < 4.78 is 2.12. The molecule has 0 amide bonds. The predicted octanol–water partition coefficient (Wildman–Crippen LogP) is 4.39. The summed E-state index contributed by atoms with van der Waals surface area (Å²) in [5.74, 6) is 2.50. The lowest BCUT2D eigenvalue weighted by Gasteiger charge is -2.47. The molecule has 5 heteroatoms. The van der Waals surface area contributed by atoms with Crippen molar-refractivity contribution in [3.8, 4) is 0 Å². The van der Waals surface area contributed by atoms with Crippen molar-refractivity contribution in [2.45, 2.75) is 45.1 Å². The number of anilines is 1. The number of fused-ring (bicyclic) bond motifs is 5. The molecule has 0 spiro atoms. The minimum atomic E-state index is 0.159. The summed E-state index contributed by atoms with van der Waals surface area (Å²) in [7, 11) is 0. The number of nitrogens with zero attached hydrogens (tertiary/aromatic N) is 4. The highest BCUT2D eigenvalue weighted by atomic mass is 16.1. The van der Waals surface area contributed by atoms with Gasteiger partial charge >= 0.3 is 0 Å². The van der Waals surface area contributed by atoms with Gasteiger partial charge in [0.05, 0.1) is 5.52 Å². The van der Waals surface area contributed by atoms with E-state index in [-0.39, 0.29) is 11.6 Å². The molecule has 150 valence electrons. The number of pyridine rings is 3. The summed E-state index contributed by atoms with van der Waals surface area (Å²) in [5, 5.41) is 1.11. The number of hydrogen-bond donors (Lipinski definition) is 0. The molecule has 5 heterocycles. The van der Waals surface area contributed by atoms with Crippen LogP contribution in [0.25, 0.3) is 10.9 Å². The molecule has 3 aromatic rings. The van der Waals surface area contributed by atoms with E-state index in [1.807, 2.05) is 30.6 Å². The maximum Gasteiger partial charge on any atom is 0.250 e. The van der Waals surface area contributed by atoms with Gasteiger partial charge in [-0.3, -0.25) is 9.78 Å². The van der Waals surface area contributed by atoms with E-state index in [0.717, 1.165) is 49.1 Å². The first-order valence-electron chi connectivity index (χ1n) is 10.8. The molecule has 2 aliphatic rings. The first kappa shape index (κ1) is 18.3. The van der Waals surface area contributed by atoms with Crippen molar-refractivity contribution in [3.05, 3.63) is 64.8 Å². The van der Waals surface area contributed by atoms with Crippen LogP contribution in [0.4, 0.5) is 5.82 Å². The fourth-order valence-corrected chi connectivity index (χ4v) is 5.33. The van der Waals surface area contributed by atoms with Gasteiger partial charge in [0.1, 0.15) is 5.82 Å². The number of aromatic nitrogens is 3. The zero-order valence-corrected chi connectivity index (χ0v) is 17.2. The molecule has 0 unspecified atom stereocenters. The molecule has 3 aromatic heterocycles. The van der Waals surface area contributed by atoms with Gasteiger partial charge < -0.3 is 9.47 Å². The van der Waals surface area contributed by atoms with Crippen LogP contribution >= 0.6 is 0 Å². The second-order valence-corrected chi connectivity index (χ2v) is 9.00. The lowest BCUT2D eigenvalue weighted by Crippen LogP contribution is -2.49. The summed E-state index contributed by atoms with van der Waals surface area (Å²) in [6.45, 7) is 6.37. The van der Waals surface area contributed by atoms with E-state index in [1.165, 1.54) is 5.69 Å². The Morgan fingerprint density at radius 1 is 1.07 bits per heavy atom. The minimum Gasteiger partial charge on any atom is -0.355 e. The standard InChI is InChI=1S/C24H28N4O/c1-16(2)8-9-22-18-13-17(21-6-3-7-23(29)28(21)22)14-27(15-18)24-19-5-4-11-25-20(19)10-12-26-24/h3-7,10-12,16-18,22H,8-9,13-15H2,1-2H3/t17-,18+,22+/m1/s1. The van der Waals surface area contributed by atoms with Gasteiger partial charge in [0.15, 0.2) is 0 Å². The van der Waals surface area contributed by atoms with Gasteiger partial charge in [-0.2, -0.15) is 0 Å². The lowest BCUT2D eigenvalue weighted by molar-refractivity contribution is 0.195. The fourth-order valence-electron chi connectivity index (χ4n) is 5.33. The normalized spacial score (nSPS) is 23.4. The van der Waals surface area contributed by atoms with Crippen LogP contribution in [0.5, 0.6) is 0 Å². The Morgan fingerprint density at radius 2 is 1.97 bits per heavy atom. The molecular formula is C24H28N4O. The largest absolute Gasteiger partial charge is 0.355 e. The first-order valence-corrected chi connectivity index (χ1v) is 10.8. The molecular weight excluding hydrogens is 360 g/mol. The van der Waals surface area contributed by atoms with Crippen LogP contribution in [-0.2, 0) is 0 Å². The van der Waals surface area contributed by atoms with Gasteiger partial charge in [-0.05, 0) is 55.4 Å². The summed E-state index contributed by atoms with van der Waals surface area (Å²) in [6, 6.07) is 12.2. The second kappa shape index (κ2) is 7.29. The monoisotopic (exact) mass is 388 g/mol. The molecule has 29 heavy (non-hydrogen) atoms. The Kier molecular flexibility index (Phi) is 4.61. The summed E-state index contributed by atoms with van der Waals surface area (Å²) >= 11 is 0. The molecule has 0 aliphatic carbocycles. The van der Waals surface area contributed by atoms with Gasteiger partial charge in [0, 0.05) is 54.6 Å². The highest BCUT2D eigenvalue weighted by Crippen LogP contribution is 2.44. The van der Waals surface area contributed by atoms with Crippen LogP contribution in [0.15, 0.2) is 53.6 Å². The van der Waals surface area contributed by atoms with Crippen LogP contribution in [0, 0.1) is 11.8 Å². The molecule has 1 saturated heterocycles. The second-order valence-electron chi connectivity index (χ2n) is 9.00. The lowest BCUT2D eigenvalue weighted by atomic mass is 9.76. The van der Waals surface area contributed by atoms with Gasteiger partial charge in [-0.15, -0.1) is 0 Å². The highest BCUT2D eigenvalue weighted by Gasteiger charge is 2.40. The third kappa shape index (κ3) is 3.22. The molecule has 2 aliphatic heterocycles. The van der Waals surface area contributed by atoms with Crippen molar-refractivity contribution >= 4 is 16.7 Å². The Morgan fingerprint density at radius 3 is 2.83 bits per heavy atom. The number of rotatable bonds is 4. The topological polar surface area (TPSA) is 51.0 Å². The first-order chi connectivity index (χ1) is 14.1. The minimum absolute atomic E-state index is 0.159. The molecule has 0 saturated carbocycles. The fraction of sp³-hybridized carbons (Fsp3) is 0.458. The van der Waals surface area contributed by atoms with Crippen LogP contribution in [0.3, 0.4) is 0 Å². The van der Waals surface area contributed by atoms with E-state index in [0.29, 0.717) is 17.8 Å². The van der Waals surface area contributed by atoms with Crippen molar-refractivity contribution < 1.29 is 0 Å². The van der Waals surface area contributed by atoms with E-state index in [9.17, 15) is 4.79 Å². The maximum absolute atomic E-state index is 12.8. The van der Waals surface area contributed by atoms with Crippen LogP contribution < -0.4 is 10.5 Å². The Labute approximate surface area is 171 Å². The zero-order chi connectivity index (χ0) is 20.0. The summed E-state index contributed by atoms with van der Waals surface area (Å²) in [5.41, 5.74) is 2.35. The van der Waals surface area contributed by atoms with Gasteiger partial charge in [-0.1, -0.05) is 19.9 Å². The smallest absolute Gasteiger partial charge is 0.250 e. The van der Waals surface area contributed by atoms with Crippen molar-refractivity contribution in [1.82, 2.24) is 14.5 Å². The number of piperidine rings is 1. The molecule has 1 fully saturated rings. The van der Waals surface area contributed by atoms with Gasteiger partial charge in [-0.25, -0.2) is 4.98 Å². The van der Waals surface area contributed by atoms with Crippen LogP contribution in [0.2, 0.25) is 0 Å². The van der Waals surface area contributed by atoms with Crippen molar-refractivity contribution in [2.75, 3.05) is 18.0 Å². The molecule has 0 N–H and O–H groups in total. The predicted molar refractivity (Wildman–Crippen MR) is 116 cm³/mol. The third-order valence-corrected chi connectivity index (χ3v) is 6.65. The number of hydrogen-bond acceptors (Lipinski definition) is 4. The Bertz CT molecular complexity index is 1080. The summed E-state index contributed by atoms with van der Waals surface area (Å²) in [4.78, 5) is 24.5.